The van der Waals surface area contributed by atoms with Crippen molar-refractivity contribution < 1.29 is 14.2 Å². The predicted octanol–water partition coefficient (Wildman–Crippen LogP) is 2.92. The van der Waals surface area contributed by atoms with Crippen LogP contribution in [-0.2, 0) is 6.54 Å². The van der Waals surface area contributed by atoms with Gasteiger partial charge < -0.3 is 14.4 Å². The Balaban J connectivity index is 1.67. The summed E-state index contributed by atoms with van der Waals surface area (Å²) in [7, 11) is 0. The van der Waals surface area contributed by atoms with Gasteiger partial charge in [0.1, 0.15) is 30.1 Å². The summed E-state index contributed by atoms with van der Waals surface area (Å²) in [5.74, 6) is 1.07. The van der Waals surface area contributed by atoms with Gasteiger partial charge in [0.05, 0.1) is 17.6 Å². The molecule has 0 saturated carbocycles. The van der Waals surface area contributed by atoms with E-state index in [-0.39, 0.29) is 12.4 Å². The Hall–Kier alpha value is -2.40. The third-order valence-corrected chi connectivity index (χ3v) is 3.49. The number of benzene rings is 2. The fourth-order valence-electron chi connectivity index (χ4n) is 2.41. The number of hydrogen-bond donors (Lipinski definition) is 1. The molecule has 0 aliphatic heterocycles. The van der Waals surface area contributed by atoms with Gasteiger partial charge in [-0.2, -0.15) is 0 Å². The molecular formula is C17H17FN2O2. The van der Waals surface area contributed by atoms with E-state index in [9.17, 15) is 9.50 Å². The van der Waals surface area contributed by atoms with Gasteiger partial charge in [0.2, 0.25) is 0 Å². The number of rotatable bonds is 5. The highest BCUT2D eigenvalue weighted by Gasteiger charge is 2.12. The fourth-order valence-corrected chi connectivity index (χ4v) is 2.41. The average Bonchev–Trinajstić information content (AvgIpc) is 2.83. The molecule has 0 spiro atoms. The Morgan fingerprint density at radius 1 is 1.18 bits per heavy atom. The molecule has 0 aliphatic rings. The van der Waals surface area contributed by atoms with Crippen LogP contribution in [0.4, 0.5) is 4.39 Å². The first kappa shape index (κ1) is 14.5. The molecule has 4 nitrogen and oxygen atoms in total. The number of para-hydroxylation sites is 2. The van der Waals surface area contributed by atoms with Crippen LogP contribution in [0.5, 0.6) is 5.75 Å². The minimum absolute atomic E-state index is 0.136. The largest absolute Gasteiger partial charge is 0.491 e. The Morgan fingerprint density at radius 2 is 1.91 bits per heavy atom. The predicted molar refractivity (Wildman–Crippen MR) is 82.4 cm³/mol. The highest BCUT2D eigenvalue weighted by molar-refractivity contribution is 5.75. The van der Waals surface area contributed by atoms with Gasteiger partial charge in [-0.15, -0.1) is 0 Å². The minimum Gasteiger partial charge on any atom is -0.491 e. The molecule has 1 unspecified atom stereocenters. The van der Waals surface area contributed by atoms with E-state index in [0.29, 0.717) is 12.3 Å². The molecule has 0 bridgehead atoms. The molecule has 1 heterocycles. The second kappa shape index (κ2) is 6.15. The van der Waals surface area contributed by atoms with E-state index in [1.54, 1.807) is 12.1 Å². The van der Waals surface area contributed by atoms with Crippen LogP contribution in [0.3, 0.4) is 0 Å². The van der Waals surface area contributed by atoms with Gasteiger partial charge in [-0.1, -0.05) is 12.1 Å². The summed E-state index contributed by atoms with van der Waals surface area (Å²) in [6.07, 6.45) is -0.679. The van der Waals surface area contributed by atoms with Gasteiger partial charge in [0.15, 0.2) is 0 Å². The number of hydrogen-bond acceptors (Lipinski definition) is 3. The summed E-state index contributed by atoms with van der Waals surface area (Å²) >= 11 is 0. The van der Waals surface area contributed by atoms with E-state index in [2.05, 4.69) is 4.98 Å². The molecule has 0 amide bonds. The topological polar surface area (TPSA) is 47.3 Å². The van der Waals surface area contributed by atoms with Crippen molar-refractivity contribution in [2.24, 2.45) is 0 Å². The van der Waals surface area contributed by atoms with Crippen molar-refractivity contribution in [1.29, 1.82) is 0 Å². The monoisotopic (exact) mass is 300 g/mol. The molecule has 0 radical (unpaired) electrons. The standard InChI is InChI=1S/C17H17FN2O2/c1-12-19-16-4-2-3-5-17(16)20(12)10-14(21)11-22-15-8-6-13(18)7-9-15/h2-9,14,21H,10-11H2,1H3. The van der Waals surface area contributed by atoms with E-state index in [0.717, 1.165) is 16.9 Å². The van der Waals surface area contributed by atoms with Crippen LogP contribution in [0.25, 0.3) is 11.0 Å². The maximum atomic E-state index is 12.8. The molecule has 2 aromatic carbocycles. The molecule has 3 rings (SSSR count). The van der Waals surface area contributed by atoms with Crippen LogP contribution in [-0.4, -0.2) is 27.4 Å². The van der Waals surface area contributed by atoms with Crippen LogP contribution < -0.4 is 4.74 Å². The first-order valence-electron chi connectivity index (χ1n) is 7.12. The zero-order valence-corrected chi connectivity index (χ0v) is 12.2. The Bertz CT molecular complexity index is 768. The second-order valence-electron chi connectivity index (χ2n) is 5.18. The number of nitrogens with zero attached hydrogens (tertiary/aromatic N) is 2. The van der Waals surface area contributed by atoms with Gasteiger partial charge in [-0.25, -0.2) is 9.37 Å². The highest BCUT2D eigenvalue weighted by atomic mass is 19.1. The molecule has 5 heteroatoms. The number of imidazole rings is 1. The Morgan fingerprint density at radius 3 is 2.68 bits per heavy atom. The number of aliphatic hydroxyl groups excluding tert-OH is 1. The van der Waals surface area contributed by atoms with Crippen LogP contribution in [0.2, 0.25) is 0 Å². The maximum absolute atomic E-state index is 12.8. The van der Waals surface area contributed by atoms with Crippen molar-refractivity contribution >= 4 is 11.0 Å². The molecular weight excluding hydrogens is 283 g/mol. The van der Waals surface area contributed by atoms with Crippen LogP contribution in [0.1, 0.15) is 5.82 Å². The van der Waals surface area contributed by atoms with Crippen LogP contribution in [0, 0.1) is 12.7 Å². The van der Waals surface area contributed by atoms with Crippen molar-refractivity contribution in [3.63, 3.8) is 0 Å². The molecule has 0 saturated heterocycles. The Labute approximate surface area is 127 Å². The summed E-state index contributed by atoms with van der Waals surface area (Å²) in [6.45, 7) is 2.44. The lowest BCUT2D eigenvalue weighted by molar-refractivity contribution is 0.0929. The SMILES string of the molecule is Cc1nc2ccccc2n1CC(O)COc1ccc(F)cc1. The third-order valence-electron chi connectivity index (χ3n) is 3.49. The zero-order valence-electron chi connectivity index (χ0n) is 12.2. The normalized spacial score (nSPS) is 12.5. The van der Waals surface area contributed by atoms with Crippen molar-refractivity contribution in [3.8, 4) is 5.75 Å². The summed E-state index contributed by atoms with van der Waals surface area (Å²) < 4.78 is 20.3. The number of aromatic nitrogens is 2. The number of aliphatic hydroxyl groups is 1. The van der Waals surface area contributed by atoms with Gasteiger partial charge in [-0.3, -0.25) is 0 Å². The van der Waals surface area contributed by atoms with Crippen LogP contribution in [0.15, 0.2) is 48.5 Å². The number of fused-ring (bicyclic) bond motifs is 1. The maximum Gasteiger partial charge on any atom is 0.123 e. The van der Waals surface area contributed by atoms with E-state index in [1.165, 1.54) is 12.1 Å². The third kappa shape index (κ3) is 3.09. The van der Waals surface area contributed by atoms with E-state index >= 15 is 0 Å². The second-order valence-corrected chi connectivity index (χ2v) is 5.18. The lowest BCUT2D eigenvalue weighted by atomic mass is 10.3. The van der Waals surface area contributed by atoms with Crippen molar-refractivity contribution in [1.82, 2.24) is 9.55 Å². The fraction of sp³-hybridized carbons (Fsp3) is 0.235. The summed E-state index contributed by atoms with van der Waals surface area (Å²) in [5, 5.41) is 10.2. The van der Waals surface area contributed by atoms with E-state index in [4.69, 9.17) is 4.74 Å². The summed E-state index contributed by atoms with van der Waals surface area (Å²) in [4.78, 5) is 4.46. The van der Waals surface area contributed by atoms with E-state index in [1.807, 2.05) is 35.8 Å². The van der Waals surface area contributed by atoms with E-state index < -0.39 is 6.10 Å². The quantitative estimate of drug-likeness (QED) is 0.788. The highest BCUT2D eigenvalue weighted by Crippen LogP contribution is 2.16. The first-order valence-corrected chi connectivity index (χ1v) is 7.12. The number of halogens is 1. The molecule has 3 aromatic rings. The molecule has 22 heavy (non-hydrogen) atoms. The molecule has 1 aromatic heterocycles. The summed E-state index contributed by atoms with van der Waals surface area (Å²) in [6, 6.07) is 13.5. The molecule has 0 fully saturated rings. The van der Waals surface area contributed by atoms with Gasteiger partial charge >= 0.3 is 0 Å². The smallest absolute Gasteiger partial charge is 0.123 e. The average molecular weight is 300 g/mol. The molecule has 1 N–H and O–H groups in total. The van der Waals surface area contributed by atoms with Crippen LogP contribution >= 0.6 is 0 Å². The van der Waals surface area contributed by atoms with Gasteiger partial charge in [0.25, 0.3) is 0 Å². The van der Waals surface area contributed by atoms with Crippen molar-refractivity contribution in [2.75, 3.05) is 6.61 Å². The van der Waals surface area contributed by atoms with Crippen molar-refractivity contribution in [3.05, 3.63) is 60.2 Å². The van der Waals surface area contributed by atoms with Gasteiger partial charge in [-0.05, 0) is 43.3 Å². The van der Waals surface area contributed by atoms with Crippen molar-refractivity contribution in [2.45, 2.75) is 19.6 Å². The number of ether oxygens (including phenoxy) is 1. The lowest BCUT2D eigenvalue weighted by Gasteiger charge is -2.14. The summed E-state index contributed by atoms with van der Waals surface area (Å²) in [5.41, 5.74) is 1.90. The zero-order chi connectivity index (χ0) is 15.5. The Kier molecular flexibility index (Phi) is 4.06. The first-order chi connectivity index (χ1) is 10.6. The molecule has 0 aliphatic carbocycles. The number of aryl methyl sites for hydroxylation is 1. The molecule has 1 atom stereocenters. The lowest BCUT2D eigenvalue weighted by Crippen LogP contribution is -2.24. The van der Waals surface area contributed by atoms with Gasteiger partial charge in [0, 0.05) is 0 Å². The minimum atomic E-state index is -0.679. The molecule has 114 valence electrons.